The summed E-state index contributed by atoms with van der Waals surface area (Å²) in [6.45, 7) is 0.653. The maximum absolute atomic E-state index is 13.8. The smallest absolute Gasteiger partial charge is 0.243 e. The third-order valence-electron chi connectivity index (χ3n) is 6.38. The van der Waals surface area contributed by atoms with Crippen molar-refractivity contribution in [2.45, 2.75) is 24.3 Å². The molecular weight excluding hydrogens is 515 g/mol. The quantitative estimate of drug-likeness (QED) is 0.343. The number of sulfonamides is 1. The average Bonchev–Trinajstić information content (AvgIpc) is 3.35. The lowest BCUT2D eigenvalue weighted by Gasteiger charge is -2.33. The summed E-state index contributed by atoms with van der Waals surface area (Å²) in [5.41, 5.74) is 1.46. The van der Waals surface area contributed by atoms with Crippen molar-refractivity contribution in [1.82, 2.24) is 14.3 Å². The van der Waals surface area contributed by atoms with Gasteiger partial charge in [-0.15, -0.1) is 0 Å². The summed E-state index contributed by atoms with van der Waals surface area (Å²) >= 11 is 1.41. The number of pyridine rings is 1. The van der Waals surface area contributed by atoms with E-state index in [9.17, 15) is 17.6 Å². The van der Waals surface area contributed by atoms with Gasteiger partial charge in [-0.25, -0.2) is 17.8 Å². The fraction of sp³-hybridized carbons (Fsp3) is 0.269. The van der Waals surface area contributed by atoms with Gasteiger partial charge in [0, 0.05) is 31.3 Å². The van der Waals surface area contributed by atoms with Crippen molar-refractivity contribution in [2.75, 3.05) is 25.1 Å². The lowest BCUT2D eigenvalue weighted by Crippen LogP contribution is -2.44. The Labute approximate surface area is 218 Å². The van der Waals surface area contributed by atoms with Crippen molar-refractivity contribution in [1.29, 1.82) is 0 Å². The van der Waals surface area contributed by atoms with Gasteiger partial charge in [0.2, 0.25) is 15.9 Å². The van der Waals surface area contributed by atoms with E-state index in [4.69, 9.17) is 9.72 Å². The van der Waals surface area contributed by atoms with Gasteiger partial charge in [-0.05, 0) is 61.4 Å². The zero-order chi connectivity index (χ0) is 26.0. The summed E-state index contributed by atoms with van der Waals surface area (Å²) in [5.74, 6) is -0.299. The highest BCUT2D eigenvalue weighted by Gasteiger charge is 2.35. The number of hydrogen-bond acceptors (Lipinski definition) is 7. The minimum atomic E-state index is -3.76. The number of carbonyl (C=O) groups is 1. The van der Waals surface area contributed by atoms with Gasteiger partial charge in [-0.3, -0.25) is 14.7 Å². The second-order valence-corrected chi connectivity index (χ2v) is 11.7. The third-order valence-corrected chi connectivity index (χ3v) is 9.35. The lowest BCUT2D eigenvalue weighted by atomic mass is 9.96. The molecule has 3 heterocycles. The van der Waals surface area contributed by atoms with Crippen molar-refractivity contribution in [3.05, 3.63) is 78.4 Å². The standard InChI is InChI=1S/C26H25FN4O4S2/c1-35-21-7-10-24-23(16-21)29-26(36-24)31(17-20-4-2-3-13-28-20)25(32)18-11-14-30(15-12-18)37(33,34)22-8-5-19(27)6-9-22/h2-10,13,16,18H,11-12,14-15,17H2,1H3. The maximum Gasteiger partial charge on any atom is 0.243 e. The van der Waals surface area contributed by atoms with Gasteiger partial charge in [0.15, 0.2) is 5.13 Å². The van der Waals surface area contributed by atoms with Crippen LogP contribution < -0.4 is 9.64 Å². The topological polar surface area (TPSA) is 92.7 Å². The van der Waals surface area contributed by atoms with Gasteiger partial charge in [-0.1, -0.05) is 17.4 Å². The van der Waals surface area contributed by atoms with Crippen LogP contribution in [-0.2, 0) is 21.4 Å². The number of piperidine rings is 1. The molecule has 5 rings (SSSR count). The fourth-order valence-corrected chi connectivity index (χ4v) is 6.77. The molecule has 37 heavy (non-hydrogen) atoms. The Balaban J connectivity index is 1.37. The lowest BCUT2D eigenvalue weighted by molar-refractivity contribution is -0.123. The highest BCUT2D eigenvalue weighted by Crippen LogP contribution is 2.34. The molecule has 11 heteroatoms. The normalized spacial score (nSPS) is 15.1. The first-order valence-corrected chi connectivity index (χ1v) is 14.0. The van der Waals surface area contributed by atoms with Crippen LogP contribution in [-0.4, -0.2) is 48.8 Å². The molecule has 2 aromatic carbocycles. The van der Waals surface area contributed by atoms with Crippen molar-refractivity contribution in [3.63, 3.8) is 0 Å². The predicted octanol–water partition coefficient (Wildman–Crippen LogP) is 4.47. The van der Waals surface area contributed by atoms with E-state index in [1.165, 1.54) is 27.8 Å². The van der Waals surface area contributed by atoms with Crippen LogP contribution in [0.15, 0.2) is 71.8 Å². The second-order valence-electron chi connectivity index (χ2n) is 8.71. The predicted molar refractivity (Wildman–Crippen MR) is 139 cm³/mol. The number of aromatic nitrogens is 2. The number of methoxy groups -OCH3 is 1. The van der Waals surface area contributed by atoms with E-state index in [2.05, 4.69) is 4.98 Å². The molecule has 1 saturated heterocycles. The average molecular weight is 541 g/mol. The van der Waals surface area contributed by atoms with Crippen molar-refractivity contribution in [2.24, 2.45) is 5.92 Å². The minimum absolute atomic E-state index is 0.0420. The number of rotatable bonds is 7. The van der Waals surface area contributed by atoms with Gasteiger partial charge < -0.3 is 4.74 Å². The monoisotopic (exact) mass is 540 g/mol. The van der Waals surface area contributed by atoms with Crippen LogP contribution in [0.3, 0.4) is 0 Å². The molecule has 0 N–H and O–H groups in total. The van der Waals surface area contributed by atoms with E-state index in [1.807, 2.05) is 36.4 Å². The molecule has 1 amide bonds. The van der Waals surface area contributed by atoms with Crippen LogP contribution in [0, 0.1) is 11.7 Å². The number of ether oxygens (including phenoxy) is 1. The summed E-state index contributed by atoms with van der Waals surface area (Å²) in [7, 11) is -2.17. The van der Waals surface area contributed by atoms with Crippen molar-refractivity contribution in [3.8, 4) is 5.75 Å². The maximum atomic E-state index is 13.8. The molecule has 0 atom stereocenters. The zero-order valence-corrected chi connectivity index (χ0v) is 21.7. The molecule has 1 fully saturated rings. The first-order valence-electron chi connectivity index (χ1n) is 11.8. The molecule has 1 aliphatic rings. The van der Waals surface area contributed by atoms with E-state index >= 15 is 0 Å². The van der Waals surface area contributed by atoms with Crippen LogP contribution in [0.4, 0.5) is 9.52 Å². The third kappa shape index (κ3) is 5.34. The van der Waals surface area contributed by atoms with Crippen molar-refractivity contribution >= 4 is 42.6 Å². The summed E-state index contributed by atoms with van der Waals surface area (Å²) in [6.07, 6.45) is 2.42. The molecule has 8 nitrogen and oxygen atoms in total. The van der Waals surface area contributed by atoms with Gasteiger partial charge >= 0.3 is 0 Å². The Bertz CT molecular complexity index is 1500. The van der Waals surface area contributed by atoms with Crippen LogP contribution >= 0.6 is 11.3 Å². The van der Waals surface area contributed by atoms with Gasteiger partial charge in [-0.2, -0.15) is 4.31 Å². The van der Waals surface area contributed by atoms with E-state index < -0.39 is 15.8 Å². The molecule has 1 aliphatic heterocycles. The van der Waals surface area contributed by atoms with Gasteiger partial charge in [0.25, 0.3) is 0 Å². The molecule has 0 aliphatic carbocycles. The molecule has 0 bridgehead atoms. The molecule has 0 unspecified atom stereocenters. The molecule has 0 spiro atoms. The Morgan fingerprint density at radius 1 is 1.14 bits per heavy atom. The second kappa shape index (κ2) is 10.5. The Kier molecular flexibility index (Phi) is 7.18. The number of nitrogens with zero attached hydrogens (tertiary/aromatic N) is 4. The number of anilines is 1. The summed E-state index contributed by atoms with van der Waals surface area (Å²) < 4.78 is 46.9. The van der Waals surface area contributed by atoms with E-state index in [0.29, 0.717) is 23.7 Å². The number of benzene rings is 2. The molecule has 192 valence electrons. The van der Waals surface area contributed by atoms with Crippen LogP contribution in [0.25, 0.3) is 10.2 Å². The summed E-state index contributed by atoms with van der Waals surface area (Å²) in [4.78, 5) is 24.6. The van der Waals surface area contributed by atoms with E-state index in [0.717, 1.165) is 28.0 Å². The Morgan fingerprint density at radius 3 is 2.57 bits per heavy atom. The fourth-order valence-electron chi connectivity index (χ4n) is 4.35. The first-order chi connectivity index (χ1) is 17.8. The number of halogens is 1. The number of hydrogen-bond donors (Lipinski definition) is 0. The molecule has 2 aromatic heterocycles. The minimum Gasteiger partial charge on any atom is -0.497 e. The highest BCUT2D eigenvalue weighted by molar-refractivity contribution is 7.89. The number of thiazole rings is 1. The zero-order valence-electron chi connectivity index (χ0n) is 20.1. The van der Waals surface area contributed by atoms with Crippen LogP contribution in [0.5, 0.6) is 5.75 Å². The molecular formula is C26H25FN4O4S2. The van der Waals surface area contributed by atoms with E-state index in [-0.39, 0.29) is 36.4 Å². The van der Waals surface area contributed by atoms with Gasteiger partial charge in [0.1, 0.15) is 11.6 Å². The molecule has 0 saturated carbocycles. The van der Waals surface area contributed by atoms with Gasteiger partial charge in [0.05, 0.1) is 34.5 Å². The van der Waals surface area contributed by atoms with Crippen LogP contribution in [0.1, 0.15) is 18.5 Å². The molecule has 0 radical (unpaired) electrons. The first kappa shape index (κ1) is 25.2. The number of fused-ring (bicyclic) bond motifs is 1. The van der Waals surface area contributed by atoms with E-state index in [1.54, 1.807) is 18.2 Å². The Morgan fingerprint density at radius 2 is 1.89 bits per heavy atom. The van der Waals surface area contributed by atoms with Crippen LogP contribution in [0.2, 0.25) is 0 Å². The summed E-state index contributed by atoms with van der Waals surface area (Å²) in [5, 5.41) is 0.556. The number of carbonyl (C=O) groups excluding carboxylic acids is 1. The molecule has 4 aromatic rings. The van der Waals surface area contributed by atoms with Crippen molar-refractivity contribution < 1.29 is 22.3 Å². The largest absolute Gasteiger partial charge is 0.497 e. The SMILES string of the molecule is COc1ccc2sc(N(Cc3ccccn3)C(=O)C3CCN(S(=O)(=O)c4ccc(F)cc4)CC3)nc2c1. The number of amides is 1. The highest BCUT2D eigenvalue weighted by atomic mass is 32.2. The Hall–Kier alpha value is -3.41. The summed E-state index contributed by atoms with van der Waals surface area (Å²) in [6, 6.07) is 15.9.